The molecule has 0 aliphatic rings. The minimum absolute atomic E-state index is 0.00860. The molecule has 2 heterocycles. The van der Waals surface area contributed by atoms with Gasteiger partial charge in [0.05, 0.1) is 31.2 Å². The van der Waals surface area contributed by atoms with Crippen LogP contribution in [0.4, 0.5) is 18.9 Å². The minimum atomic E-state index is -4.28. The molecule has 0 saturated carbocycles. The molecule has 0 radical (unpaired) electrons. The Morgan fingerprint density at radius 2 is 1.90 bits per heavy atom. The van der Waals surface area contributed by atoms with Crippen LogP contribution in [0.2, 0.25) is 0 Å². The second-order valence-corrected chi connectivity index (χ2v) is 4.23. The smallest absolute Gasteiger partial charge is 0.394 e. The van der Waals surface area contributed by atoms with Crippen LogP contribution >= 0.6 is 0 Å². The number of aliphatic hydroxyl groups is 1. The van der Waals surface area contributed by atoms with Gasteiger partial charge in [-0.05, 0) is 0 Å². The summed E-state index contributed by atoms with van der Waals surface area (Å²) in [5.74, 6) is 0. The van der Waals surface area contributed by atoms with Gasteiger partial charge < -0.3 is 10.4 Å². The molecule has 0 aliphatic carbocycles. The molecule has 6 nitrogen and oxygen atoms in total. The lowest BCUT2D eigenvalue weighted by atomic mass is 10.3. The van der Waals surface area contributed by atoms with Gasteiger partial charge in [0, 0.05) is 24.5 Å². The molecule has 0 unspecified atom stereocenters. The van der Waals surface area contributed by atoms with Crippen LogP contribution in [0.15, 0.2) is 24.8 Å². The van der Waals surface area contributed by atoms with Gasteiger partial charge in [0.2, 0.25) is 0 Å². The molecule has 2 N–H and O–H groups in total. The third kappa shape index (κ3) is 4.26. The number of hydrogen-bond donors (Lipinski definition) is 2. The van der Waals surface area contributed by atoms with E-state index in [1.165, 1.54) is 12.4 Å². The van der Waals surface area contributed by atoms with Crippen molar-refractivity contribution in [2.75, 3.05) is 11.9 Å². The zero-order valence-electron chi connectivity index (χ0n) is 10.5. The molecule has 2 aromatic rings. The summed E-state index contributed by atoms with van der Waals surface area (Å²) in [4.78, 5) is 0. The van der Waals surface area contributed by atoms with Gasteiger partial charge in [-0.3, -0.25) is 9.36 Å². The maximum atomic E-state index is 12.2. The van der Waals surface area contributed by atoms with Gasteiger partial charge in [-0.2, -0.15) is 23.4 Å². The Hall–Kier alpha value is -2.03. The third-order valence-corrected chi connectivity index (χ3v) is 2.49. The maximum Gasteiger partial charge on any atom is 0.408 e. The number of halogens is 3. The first-order valence-electron chi connectivity index (χ1n) is 5.91. The standard InChI is InChI=1S/C11H14F3N5O/c12-11(13,14)8-19-6-9(4-16-19)3-15-10-5-17-18(7-10)1-2-20/h4-7,15,20H,1-3,8H2. The molecule has 20 heavy (non-hydrogen) atoms. The highest BCUT2D eigenvalue weighted by atomic mass is 19.4. The predicted molar refractivity (Wildman–Crippen MR) is 64.9 cm³/mol. The van der Waals surface area contributed by atoms with Crippen molar-refractivity contribution >= 4 is 5.69 Å². The fourth-order valence-corrected chi connectivity index (χ4v) is 1.65. The van der Waals surface area contributed by atoms with E-state index in [1.807, 2.05) is 0 Å². The minimum Gasteiger partial charge on any atom is -0.394 e. The first-order valence-corrected chi connectivity index (χ1v) is 5.91. The van der Waals surface area contributed by atoms with E-state index in [2.05, 4.69) is 15.5 Å². The first kappa shape index (κ1) is 14.4. The number of nitrogens with zero attached hydrogens (tertiary/aromatic N) is 4. The molecule has 0 spiro atoms. The summed E-state index contributed by atoms with van der Waals surface area (Å²) < 4.78 is 38.9. The topological polar surface area (TPSA) is 67.9 Å². The first-order chi connectivity index (χ1) is 9.46. The summed E-state index contributed by atoms with van der Waals surface area (Å²) in [7, 11) is 0. The van der Waals surface area contributed by atoms with E-state index in [-0.39, 0.29) is 6.61 Å². The number of nitrogens with one attached hydrogen (secondary N) is 1. The molecule has 0 aromatic carbocycles. The molecule has 0 amide bonds. The Morgan fingerprint density at radius 1 is 1.15 bits per heavy atom. The number of alkyl halides is 3. The monoisotopic (exact) mass is 289 g/mol. The Labute approximate surface area is 112 Å². The number of aliphatic hydroxyl groups excluding tert-OH is 1. The Morgan fingerprint density at radius 3 is 2.60 bits per heavy atom. The number of hydrogen-bond acceptors (Lipinski definition) is 4. The molecule has 9 heteroatoms. The molecule has 2 rings (SSSR count). The second-order valence-electron chi connectivity index (χ2n) is 4.23. The van der Waals surface area contributed by atoms with Crippen molar-refractivity contribution in [3.63, 3.8) is 0 Å². The van der Waals surface area contributed by atoms with Crippen LogP contribution in [-0.2, 0) is 19.6 Å². The van der Waals surface area contributed by atoms with Crippen molar-refractivity contribution in [2.24, 2.45) is 0 Å². The van der Waals surface area contributed by atoms with Gasteiger partial charge in [-0.25, -0.2) is 0 Å². The molecule has 2 aromatic heterocycles. The van der Waals surface area contributed by atoms with Gasteiger partial charge in [0.1, 0.15) is 6.54 Å². The maximum absolute atomic E-state index is 12.2. The molecule has 0 bridgehead atoms. The fraction of sp³-hybridized carbons (Fsp3) is 0.455. The van der Waals surface area contributed by atoms with Crippen LogP contribution in [0.3, 0.4) is 0 Å². The predicted octanol–water partition coefficient (Wildman–Crippen LogP) is 1.25. The van der Waals surface area contributed by atoms with E-state index >= 15 is 0 Å². The van der Waals surface area contributed by atoms with E-state index in [9.17, 15) is 13.2 Å². The summed E-state index contributed by atoms with van der Waals surface area (Å²) in [5, 5.41) is 19.4. The fourth-order valence-electron chi connectivity index (χ4n) is 1.65. The van der Waals surface area contributed by atoms with E-state index in [0.29, 0.717) is 18.7 Å². The molecule has 0 saturated heterocycles. The van der Waals surface area contributed by atoms with Crippen molar-refractivity contribution in [2.45, 2.75) is 25.8 Å². The van der Waals surface area contributed by atoms with Crippen molar-refractivity contribution in [1.82, 2.24) is 19.6 Å². The van der Waals surface area contributed by atoms with Crippen LogP contribution in [0, 0.1) is 0 Å². The van der Waals surface area contributed by atoms with E-state index in [0.717, 1.165) is 10.4 Å². The van der Waals surface area contributed by atoms with Crippen molar-refractivity contribution < 1.29 is 18.3 Å². The zero-order valence-corrected chi connectivity index (χ0v) is 10.5. The normalized spacial score (nSPS) is 11.8. The van der Waals surface area contributed by atoms with Crippen LogP contribution in [0.5, 0.6) is 0 Å². The van der Waals surface area contributed by atoms with E-state index in [4.69, 9.17) is 5.11 Å². The second kappa shape index (κ2) is 5.95. The molecular weight excluding hydrogens is 275 g/mol. The molecule has 110 valence electrons. The highest BCUT2D eigenvalue weighted by Gasteiger charge is 2.28. The summed E-state index contributed by atoms with van der Waals surface area (Å²) in [6.07, 6.45) is 1.74. The lowest BCUT2D eigenvalue weighted by molar-refractivity contribution is -0.142. The van der Waals surface area contributed by atoms with E-state index < -0.39 is 12.7 Å². The molecule has 0 aliphatic heterocycles. The number of rotatable bonds is 6. The summed E-state index contributed by atoms with van der Waals surface area (Å²) in [5.41, 5.74) is 1.37. The van der Waals surface area contributed by atoms with Gasteiger partial charge in [0.25, 0.3) is 0 Å². The zero-order chi connectivity index (χ0) is 14.6. The van der Waals surface area contributed by atoms with Gasteiger partial charge >= 0.3 is 6.18 Å². The molecular formula is C11H14F3N5O. The summed E-state index contributed by atoms with van der Waals surface area (Å²) in [6.45, 7) is -0.360. The van der Waals surface area contributed by atoms with Crippen molar-refractivity contribution in [3.05, 3.63) is 30.4 Å². The Kier molecular flexibility index (Phi) is 4.28. The SMILES string of the molecule is OCCn1cc(NCc2cnn(CC(F)(F)F)c2)cn1. The largest absolute Gasteiger partial charge is 0.408 e. The average Bonchev–Trinajstić information content (AvgIpc) is 2.94. The Bertz CT molecular complexity index is 548. The van der Waals surface area contributed by atoms with Gasteiger partial charge in [0.15, 0.2) is 0 Å². The van der Waals surface area contributed by atoms with Crippen LogP contribution in [0.1, 0.15) is 5.56 Å². The Balaban J connectivity index is 1.87. The van der Waals surface area contributed by atoms with Crippen molar-refractivity contribution in [1.29, 1.82) is 0 Å². The van der Waals surface area contributed by atoms with Crippen molar-refractivity contribution in [3.8, 4) is 0 Å². The molecule has 0 fully saturated rings. The lowest BCUT2D eigenvalue weighted by Crippen LogP contribution is -2.17. The van der Waals surface area contributed by atoms with Crippen LogP contribution in [0.25, 0.3) is 0 Å². The van der Waals surface area contributed by atoms with E-state index in [1.54, 1.807) is 17.1 Å². The molecule has 0 atom stereocenters. The summed E-state index contributed by atoms with van der Waals surface area (Å²) >= 11 is 0. The highest BCUT2D eigenvalue weighted by Crippen LogP contribution is 2.17. The number of anilines is 1. The summed E-state index contributed by atoms with van der Waals surface area (Å²) in [6, 6.07) is 0. The quantitative estimate of drug-likeness (QED) is 0.839. The number of aromatic nitrogens is 4. The highest BCUT2D eigenvalue weighted by molar-refractivity contribution is 5.38. The average molecular weight is 289 g/mol. The van der Waals surface area contributed by atoms with Crippen LogP contribution < -0.4 is 5.32 Å². The van der Waals surface area contributed by atoms with Crippen LogP contribution in [-0.4, -0.2) is 37.5 Å². The third-order valence-electron chi connectivity index (χ3n) is 2.49. The van der Waals surface area contributed by atoms with Gasteiger partial charge in [-0.15, -0.1) is 0 Å². The van der Waals surface area contributed by atoms with Gasteiger partial charge in [-0.1, -0.05) is 0 Å². The lowest BCUT2D eigenvalue weighted by Gasteiger charge is -2.05.